The zero-order valence-corrected chi connectivity index (χ0v) is 10.3. The van der Waals surface area contributed by atoms with E-state index in [1.165, 1.54) is 0 Å². The SMILES string of the molecule is CC(=O)C1CCN(c2ccc(C(N)=O)nn2)CC1. The monoisotopic (exact) mass is 248 g/mol. The topological polar surface area (TPSA) is 89.2 Å². The lowest BCUT2D eigenvalue weighted by molar-refractivity contribution is -0.121. The summed E-state index contributed by atoms with van der Waals surface area (Å²) < 4.78 is 0. The highest BCUT2D eigenvalue weighted by atomic mass is 16.1. The fourth-order valence-electron chi connectivity index (χ4n) is 2.14. The molecule has 0 radical (unpaired) electrons. The van der Waals surface area contributed by atoms with Crippen LogP contribution >= 0.6 is 0 Å². The molecule has 2 heterocycles. The van der Waals surface area contributed by atoms with Crippen LogP contribution in [0.25, 0.3) is 0 Å². The van der Waals surface area contributed by atoms with Crippen molar-refractivity contribution in [2.45, 2.75) is 19.8 Å². The van der Waals surface area contributed by atoms with Gasteiger partial charge in [0, 0.05) is 19.0 Å². The van der Waals surface area contributed by atoms with Crippen LogP contribution in [0.4, 0.5) is 5.82 Å². The van der Waals surface area contributed by atoms with Crippen LogP contribution in [-0.2, 0) is 4.79 Å². The Balaban J connectivity index is 2.01. The Labute approximate surface area is 105 Å². The van der Waals surface area contributed by atoms with Gasteiger partial charge in [0.25, 0.3) is 5.91 Å². The van der Waals surface area contributed by atoms with Gasteiger partial charge >= 0.3 is 0 Å². The van der Waals surface area contributed by atoms with Crippen LogP contribution in [0.1, 0.15) is 30.3 Å². The number of piperidine rings is 1. The van der Waals surface area contributed by atoms with Gasteiger partial charge in [0.15, 0.2) is 11.5 Å². The molecule has 0 bridgehead atoms. The highest BCUT2D eigenvalue weighted by Gasteiger charge is 2.23. The Morgan fingerprint density at radius 1 is 1.28 bits per heavy atom. The minimum absolute atomic E-state index is 0.164. The molecule has 1 aliphatic rings. The first-order valence-electron chi connectivity index (χ1n) is 5.97. The van der Waals surface area contributed by atoms with Crippen molar-refractivity contribution in [3.63, 3.8) is 0 Å². The number of hydrogen-bond acceptors (Lipinski definition) is 5. The zero-order valence-electron chi connectivity index (χ0n) is 10.3. The van der Waals surface area contributed by atoms with Gasteiger partial charge in [0.05, 0.1) is 0 Å². The molecule has 6 heteroatoms. The number of ketones is 1. The number of hydrogen-bond donors (Lipinski definition) is 1. The molecule has 6 nitrogen and oxygen atoms in total. The van der Waals surface area contributed by atoms with Crippen molar-refractivity contribution in [1.29, 1.82) is 0 Å². The van der Waals surface area contributed by atoms with Crippen LogP contribution in [0, 0.1) is 5.92 Å². The van der Waals surface area contributed by atoms with Gasteiger partial charge in [0.1, 0.15) is 5.78 Å². The van der Waals surface area contributed by atoms with E-state index in [9.17, 15) is 9.59 Å². The summed E-state index contributed by atoms with van der Waals surface area (Å²) in [6, 6.07) is 3.31. The summed E-state index contributed by atoms with van der Waals surface area (Å²) in [5.41, 5.74) is 5.27. The number of amides is 1. The molecule has 1 aliphatic heterocycles. The van der Waals surface area contributed by atoms with Crippen molar-refractivity contribution in [1.82, 2.24) is 10.2 Å². The van der Waals surface area contributed by atoms with Crippen LogP contribution in [0.2, 0.25) is 0 Å². The molecule has 0 spiro atoms. The van der Waals surface area contributed by atoms with Gasteiger partial charge in [-0.3, -0.25) is 9.59 Å². The number of nitrogens with zero attached hydrogens (tertiary/aromatic N) is 3. The van der Waals surface area contributed by atoms with E-state index in [1.54, 1.807) is 19.1 Å². The van der Waals surface area contributed by atoms with Crippen LogP contribution < -0.4 is 10.6 Å². The molecule has 18 heavy (non-hydrogen) atoms. The molecule has 2 N–H and O–H groups in total. The standard InChI is InChI=1S/C12H16N4O2/c1-8(17)9-4-6-16(7-5-9)11-3-2-10(12(13)18)14-15-11/h2-3,9H,4-7H2,1H3,(H2,13,18). The molecule has 0 aliphatic carbocycles. The largest absolute Gasteiger partial charge is 0.364 e. The second kappa shape index (κ2) is 5.12. The van der Waals surface area contributed by atoms with Crippen molar-refractivity contribution >= 4 is 17.5 Å². The molecule has 0 atom stereocenters. The number of anilines is 1. The maximum atomic E-state index is 11.3. The van der Waals surface area contributed by atoms with E-state index in [2.05, 4.69) is 15.1 Å². The smallest absolute Gasteiger partial charge is 0.269 e. The number of Topliss-reactive ketones (excluding diaryl/α,β-unsaturated/α-hetero) is 1. The van der Waals surface area contributed by atoms with Crippen molar-refractivity contribution in [2.24, 2.45) is 11.7 Å². The fourth-order valence-corrected chi connectivity index (χ4v) is 2.14. The predicted molar refractivity (Wildman–Crippen MR) is 66.2 cm³/mol. The van der Waals surface area contributed by atoms with Crippen molar-refractivity contribution in [3.05, 3.63) is 17.8 Å². The summed E-state index contributed by atoms with van der Waals surface area (Å²) in [5.74, 6) is 0.565. The van der Waals surface area contributed by atoms with E-state index in [4.69, 9.17) is 5.73 Å². The maximum absolute atomic E-state index is 11.3. The van der Waals surface area contributed by atoms with Crippen LogP contribution in [0.15, 0.2) is 12.1 Å². The van der Waals surface area contributed by atoms with Crippen LogP contribution in [0.5, 0.6) is 0 Å². The van der Waals surface area contributed by atoms with E-state index < -0.39 is 5.91 Å². The molecule has 1 aromatic heterocycles. The van der Waals surface area contributed by atoms with Gasteiger partial charge in [0.2, 0.25) is 0 Å². The van der Waals surface area contributed by atoms with Gasteiger partial charge in [-0.2, -0.15) is 0 Å². The lowest BCUT2D eigenvalue weighted by Gasteiger charge is -2.31. The van der Waals surface area contributed by atoms with Crippen molar-refractivity contribution in [3.8, 4) is 0 Å². The van der Waals surface area contributed by atoms with E-state index in [0.29, 0.717) is 0 Å². The summed E-state index contributed by atoms with van der Waals surface area (Å²) in [7, 11) is 0. The first-order valence-corrected chi connectivity index (χ1v) is 5.97. The summed E-state index contributed by atoms with van der Waals surface area (Å²) in [6.45, 7) is 3.21. The number of aromatic nitrogens is 2. The minimum atomic E-state index is -0.579. The summed E-state index contributed by atoms with van der Waals surface area (Å²) in [6.07, 6.45) is 1.68. The number of primary amides is 1. The molecule has 2 rings (SSSR count). The highest BCUT2D eigenvalue weighted by molar-refractivity contribution is 5.90. The predicted octanol–water partition coefficient (Wildman–Crippen LogP) is 0.381. The Morgan fingerprint density at radius 2 is 1.94 bits per heavy atom. The average Bonchev–Trinajstić information content (AvgIpc) is 2.39. The molecule has 0 aromatic carbocycles. The molecule has 1 aromatic rings. The Kier molecular flexibility index (Phi) is 3.55. The average molecular weight is 248 g/mol. The summed E-state index contributed by atoms with van der Waals surface area (Å²) in [5, 5.41) is 7.76. The molecule has 1 amide bonds. The zero-order chi connectivity index (χ0) is 13.1. The molecule has 1 saturated heterocycles. The van der Waals surface area contributed by atoms with Gasteiger partial charge < -0.3 is 10.6 Å². The Morgan fingerprint density at radius 3 is 2.39 bits per heavy atom. The van der Waals surface area contributed by atoms with Gasteiger partial charge in [-0.25, -0.2) is 0 Å². The lowest BCUT2D eigenvalue weighted by atomic mass is 9.93. The Bertz CT molecular complexity index is 450. The number of rotatable bonds is 3. The first-order chi connectivity index (χ1) is 8.58. The van der Waals surface area contributed by atoms with Crippen LogP contribution in [0.3, 0.4) is 0 Å². The number of carbonyl (C=O) groups excluding carboxylic acids is 2. The van der Waals surface area contributed by atoms with Gasteiger partial charge in [-0.05, 0) is 31.9 Å². The fraction of sp³-hybridized carbons (Fsp3) is 0.500. The quantitative estimate of drug-likeness (QED) is 0.835. The van der Waals surface area contributed by atoms with E-state index >= 15 is 0 Å². The Hall–Kier alpha value is -1.98. The van der Waals surface area contributed by atoms with E-state index in [0.717, 1.165) is 31.7 Å². The maximum Gasteiger partial charge on any atom is 0.269 e. The molecule has 0 unspecified atom stereocenters. The van der Waals surface area contributed by atoms with E-state index in [-0.39, 0.29) is 17.4 Å². The van der Waals surface area contributed by atoms with Gasteiger partial charge in [-0.15, -0.1) is 10.2 Å². The lowest BCUT2D eigenvalue weighted by Crippen LogP contribution is -2.36. The molecule has 1 fully saturated rings. The third-order valence-corrected chi connectivity index (χ3v) is 3.30. The second-order valence-electron chi connectivity index (χ2n) is 4.51. The molecule has 0 saturated carbocycles. The third-order valence-electron chi connectivity index (χ3n) is 3.30. The minimum Gasteiger partial charge on any atom is -0.364 e. The molecular weight excluding hydrogens is 232 g/mol. The molecule has 96 valence electrons. The van der Waals surface area contributed by atoms with Crippen molar-refractivity contribution in [2.75, 3.05) is 18.0 Å². The van der Waals surface area contributed by atoms with Gasteiger partial charge in [-0.1, -0.05) is 0 Å². The summed E-state index contributed by atoms with van der Waals surface area (Å²) >= 11 is 0. The highest BCUT2D eigenvalue weighted by Crippen LogP contribution is 2.21. The number of carbonyl (C=O) groups is 2. The van der Waals surface area contributed by atoms with E-state index in [1.807, 2.05) is 0 Å². The van der Waals surface area contributed by atoms with Crippen LogP contribution in [-0.4, -0.2) is 35.0 Å². The number of nitrogens with two attached hydrogens (primary N) is 1. The first kappa shape index (κ1) is 12.5. The third kappa shape index (κ3) is 2.64. The van der Waals surface area contributed by atoms with Crippen molar-refractivity contribution < 1.29 is 9.59 Å². The summed E-state index contributed by atoms with van der Waals surface area (Å²) in [4.78, 5) is 24.2. The normalized spacial score (nSPS) is 16.6. The molecular formula is C12H16N4O2. The second-order valence-corrected chi connectivity index (χ2v) is 4.51.